The first-order valence-electron chi connectivity index (χ1n) is 10.9. The average Bonchev–Trinajstić information content (AvgIpc) is 3.49. The van der Waals surface area contributed by atoms with E-state index in [0.717, 1.165) is 5.39 Å². The maximum absolute atomic E-state index is 9.16. The van der Waals surface area contributed by atoms with E-state index in [-0.39, 0.29) is 18.8 Å². The fourth-order valence-corrected chi connectivity index (χ4v) is 5.09. The number of aromatic nitrogens is 4. The molecule has 0 N–H and O–H groups in total. The summed E-state index contributed by atoms with van der Waals surface area (Å²) in [5, 5.41) is 11.3. The maximum Gasteiger partial charge on any atom is 0.164 e. The third-order valence-electron chi connectivity index (χ3n) is 6.17. The van der Waals surface area contributed by atoms with Gasteiger partial charge in [-0.05, 0) is 32.0 Å². The zero-order valence-electron chi connectivity index (χ0n) is 18.7. The lowest BCUT2D eigenvalue weighted by Gasteiger charge is -2.25. The number of pyridine rings is 1. The Labute approximate surface area is 210 Å². The molecule has 0 bridgehead atoms. The van der Waals surface area contributed by atoms with E-state index in [2.05, 4.69) is 15.0 Å². The summed E-state index contributed by atoms with van der Waals surface area (Å²) in [7, 11) is 0. The van der Waals surface area contributed by atoms with E-state index in [0.29, 0.717) is 38.0 Å². The normalized spacial score (nSPS) is 25.1. The topological polar surface area (TPSA) is 104 Å². The van der Waals surface area contributed by atoms with Gasteiger partial charge in [0.15, 0.2) is 12.0 Å². The molecule has 0 saturated carbocycles. The van der Waals surface area contributed by atoms with Gasteiger partial charge in [0.25, 0.3) is 0 Å². The molecule has 6 rings (SSSR count). The maximum atomic E-state index is 9.16. The first kappa shape index (κ1) is 22.5. The van der Waals surface area contributed by atoms with Crippen LogP contribution in [0.1, 0.15) is 25.6 Å². The number of halogens is 2. The van der Waals surface area contributed by atoms with Crippen LogP contribution in [0.5, 0.6) is 5.75 Å². The minimum Gasteiger partial charge on any atom is -0.491 e. The summed E-state index contributed by atoms with van der Waals surface area (Å²) in [5.41, 5.74) is 1.61. The second-order valence-corrected chi connectivity index (χ2v) is 9.58. The molecule has 0 unspecified atom stereocenters. The Kier molecular flexibility index (Phi) is 5.32. The molecule has 3 aromatic heterocycles. The van der Waals surface area contributed by atoms with Crippen LogP contribution in [0.2, 0.25) is 10.2 Å². The highest BCUT2D eigenvalue weighted by atomic mass is 35.5. The number of benzene rings is 1. The predicted molar refractivity (Wildman–Crippen MR) is 127 cm³/mol. The average molecular weight is 512 g/mol. The number of ether oxygens (including phenoxy) is 4. The fourth-order valence-electron chi connectivity index (χ4n) is 4.65. The lowest BCUT2D eigenvalue weighted by molar-refractivity contribution is -0.198. The van der Waals surface area contributed by atoms with E-state index in [1.807, 2.05) is 36.7 Å². The highest BCUT2D eigenvalue weighted by Gasteiger charge is 2.56. The molecule has 2 saturated heterocycles. The molecule has 4 aromatic rings. The van der Waals surface area contributed by atoms with Crippen molar-refractivity contribution in [3.05, 3.63) is 58.7 Å². The predicted octanol–water partition coefficient (Wildman–Crippen LogP) is 4.65. The van der Waals surface area contributed by atoms with E-state index in [1.165, 1.54) is 12.5 Å². The highest BCUT2D eigenvalue weighted by molar-refractivity contribution is 6.36. The smallest absolute Gasteiger partial charge is 0.164 e. The van der Waals surface area contributed by atoms with Crippen molar-refractivity contribution in [1.29, 1.82) is 5.26 Å². The molecule has 11 heteroatoms. The lowest BCUT2D eigenvalue weighted by atomic mass is 10.1. The van der Waals surface area contributed by atoms with Crippen LogP contribution in [0.3, 0.4) is 0 Å². The van der Waals surface area contributed by atoms with Crippen LogP contribution in [-0.4, -0.2) is 50.2 Å². The largest absolute Gasteiger partial charge is 0.491 e. The molecule has 0 radical (unpaired) electrons. The van der Waals surface area contributed by atoms with Crippen molar-refractivity contribution >= 4 is 45.1 Å². The minimum atomic E-state index is -0.771. The van der Waals surface area contributed by atoms with Crippen molar-refractivity contribution in [1.82, 2.24) is 19.5 Å². The summed E-state index contributed by atoms with van der Waals surface area (Å²) >= 11 is 12.5. The molecule has 1 aromatic carbocycles. The Hall–Kier alpha value is -3.00. The van der Waals surface area contributed by atoms with Gasteiger partial charge in [0.2, 0.25) is 0 Å². The van der Waals surface area contributed by atoms with Gasteiger partial charge in [0.1, 0.15) is 53.9 Å². The molecule has 4 atom stereocenters. The van der Waals surface area contributed by atoms with Crippen LogP contribution < -0.4 is 4.74 Å². The fraction of sp³-hybridized carbons (Fsp3) is 0.333. The number of hydrogen-bond acceptors (Lipinski definition) is 8. The molecule has 0 spiro atoms. The Morgan fingerprint density at radius 3 is 2.77 bits per heavy atom. The summed E-state index contributed by atoms with van der Waals surface area (Å²) in [6.45, 7) is 3.98. The number of rotatable bonds is 4. The van der Waals surface area contributed by atoms with Crippen LogP contribution in [-0.2, 0) is 14.2 Å². The molecule has 35 heavy (non-hydrogen) atoms. The van der Waals surface area contributed by atoms with Crippen LogP contribution in [0.4, 0.5) is 0 Å². The first-order chi connectivity index (χ1) is 16.8. The molecular weight excluding hydrogens is 493 g/mol. The zero-order chi connectivity index (χ0) is 24.3. The van der Waals surface area contributed by atoms with Crippen molar-refractivity contribution in [2.24, 2.45) is 0 Å². The Balaban J connectivity index is 1.26. The minimum absolute atomic E-state index is 0.224. The SMILES string of the molecule is CC1(C)O[C@@H]2[C@H](O1)[C@@H](COc1ccc3c(Cl)c(C#N)cnc3c1)O[C@H]2n1ccc2c(Cl)ncnc21. The number of hydrogen-bond donors (Lipinski definition) is 0. The third kappa shape index (κ3) is 3.78. The van der Waals surface area contributed by atoms with Crippen molar-refractivity contribution in [3.63, 3.8) is 0 Å². The lowest BCUT2D eigenvalue weighted by Crippen LogP contribution is -2.33. The molecule has 178 valence electrons. The molecule has 2 aliphatic rings. The van der Waals surface area contributed by atoms with Gasteiger partial charge < -0.3 is 23.5 Å². The monoisotopic (exact) mass is 511 g/mol. The standard InChI is InChI=1S/C24H19Cl2N5O4/c1-24(2)34-19-17(10-32-13-3-4-14-16(7-13)28-9-12(8-27)18(14)25)33-23(20(19)35-24)31-6-5-15-21(26)29-11-30-22(15)31/h3-7,9,11,17,19-20,23H,10H2,1-2H3/t17-,19-,20-,23-/m1/s1. The van der Waals surface area contributed by atoms with E-state index in [1.54, 1.807) is 18.2 Å². The highest BCUT2D eigenvalue weighted by Crippen LogP contribution is 2.44. The summed E-state index contributed by atoms with van der Waals surface area (Å²) in [4.78, 5) is 12.8. The molecule has 0 amide bonds. The number of nitriles is 1. The third-order valence-corrected chi connectivity index (χ3v) is 6.88. The molecule has 5 heterocycles. The van der Waals surface area contributed by atoms with Crippen LogP contribution >= 0.6 is 23.2 Å². The van der Waals surface area contributed by atoms with Gasteiger partial charge in [-0.2, -0.15) is 5.26 Å². The van der Waals surface area contributed by atoms with E-state index >= 15 is 0 Å². The molecule has 0 aliphatic carbocycles. The van der Waals surface area contributed by atoms with E-state index in [4.69, 9.17) is 47.4 Å². The Morgan fingerprint density at radius 1 is 1.11 bits per heavy atom. The van der Waals surface area contributed by atoms with Crippen molar-refractivity contribution in [3.8, 4) is 11.8 Å². The van der Waals surface area contributed by atoms with Gasteiger partial charge in [-0.25, -0.2) is 9.97 Å². The van der Waals surface area contributed by atoms with Crippen molar-refractivity contribution in [2.45, 2.75) is 44.2 Å². The van der Waals surface area contributed by atoms with Gasteiger partial charge in [0.05, 0.1) is 21.5 Å². The second kappa shape index (κ2) is 8.29. The summed E-state index contributed by atoms with van der Waals surface area (Å²) < 4.78 is 26.8. The number of fused-ring (bicyclic) bond motifs is 3. The van der Waals surface area contributed by atoms with Crippen molar-refractivity contribution < 1.29 is 18.9 Å². The van der Waals surface area contributed by atoms with Gasteiger partial charge in [-0.15, -0.1) is 0 Å². The summed E-state index contributed by atoms with van der Waals surface area (Å²) in [5.74, 6) is -0.175. The zero-order valence-corrected chi connectivity index (χ0v) is 20.2. The molecule has 9 nitrogen and oxygen atoms in total. The number of nitrogens with zero attached hydrogens (tertiary/aromatic N) is 5. The van der Waals surface area contributed by atoms with E-state index < -0.39 is 18.1 Å². The van der Waals surface area contributed by atoms with Gasteiger partial charge in [-0.1, -0.05) is 23.2 Å². The Morgan fingerprint density at radius 2 is 1.94 bits per heavy atom. The van der Waals surface area contributed by atoms with E-state index in [9.17, 15) is 0 Å². The molecular formula is C24H19Cl2N5O4. The molecule has 2 aliphatic heterocycles. The second-order valence-electron chi connectivity index (χ2n) is 8.84. The van der Waals surface area contributed by atoms with Gasteiger partial charge in [0, 0.05) is 23.8 Å². The van der Waals surface area contributed by atoms with Crippen LogP contribution in [0, 0.1) is 11.3 Å². The van der Waals surface area contributed by atoms with Gasteiger partial charge >= 0.3 is 0 Å². The summed E-state index contributed by atoms with van der Waals surface area (Å²) in [6, 6.07) is 9.24. The van der Waals surface area contributed by atoms with Crippen LogP contribution in [0.25, 0.3) is 21.9 Å². The quantitative estimate of drug-likeness (QED) is 0.364. The summed E-state index contributed by atoms with van der Waals surface area (Å²) in [6.07, 6.45) is 3.12. The van der Waals surface area contributed by atoms with Crippen LogP contribution in [0.15, 0.2) is 43.0 Å². The molecule has 2 fully saturated rings. The van der Waals surface area contributed by atoms with Crippen molar-refractivity contribution in [2.75, 3.05) is 6.61 Å². The Bertz CT molecular complexity index is 1500. The first-order valence-corrected chi connectivity index (χ1v) is 11.7. The van der Waals surface area contributed by atoms with Gasteiger partial charge in [-0.3, -0.25) is 4.98 Å².